The predicted molar refractivity (Wildman–Crippen MR) is 105 cm³/mol. The quantitative estimate of drug-likeness (QED) is 0.761. The van der Waals surface area contributed by atoms with E-state index in [-0.39, 0.29) is 5.41 Å². The number of anilines is 1. The summed E-state index contributed by atoms with van der Waals surface area (Å²) in [6.07, 6.45) is 2.30. The molecule has 2 heteroatoms. The van der Waals surface area contributed by atoms with E-state index in [9.17, 15) is 0 Å². The average molecular weight is 332 g/mol. The van der Waals surface area contributed by atoms with Crippen molar-refractivity contribution in [3.8, 4) is 6.07 Å². The molecule has 0 N–H and O–H groups in total. The summed E-state index contributed by atoms with van der Waals surface area (Å²) in [5, 5.41) is 9.00. The third kappa shape index (κ3) is 3.87. The fourth-order valence-electron chi connectivity index (χ4n) is 3.75. The van der Waals surface area contributed by atoms with E-state index in [0.717, 1.165) is 18.5 Å². The molecule has 0 aliphatic carbocycles. The molecule has 2 atom stereocenters. The first-order chi connectivity index (χ1) is 11.9. The Morgan fingerprint density at radius 3 is 2.24 bits per heavy atom. The number of nitriles is 1. The van der Waals surface area contributed by atoms with Gasteiger partial charge in [0.15, 0.2) is 0 Å². The van der Waals surface area contributed by atoms with Crippen molar-refractivity contribution in [2.24, 2.45) is 5.92 Å². The lowest BCUT2D eigenvalue weighted by Crippen LogP contribution is -2.34. The second-order valence-corrected chi connectivity index (χ2v) is 8.34. The molecule has 1 saturated heterocycles. The van der Waals surface area contributed by atoms with Crippen LogP contribution < -0.4 is 4.90 Å². The van der Waals surface area contributed by atoms with Gasteiger partial charge in [0.2, 0.25) is 0 Å². The second-order valence-electron chi connectivity index (χ2n) is 8.34. The van der Waals surface area contributed by atoms with Gasteiger partial charge < -0.3 is 4.90 Å². The van der Waals surface area contributed by atoms with Gasteiger partial charge in [0, 0.05) is 18.3 Å². The highest BCUT2D eigenvalue weighted by atomic mass is 15.2. The van der Waals surface area contributed by atoms with Crippen molar-refractivity contribution in [3.05, 3.63) is 65.2 Å². The minimum Gasteiger partial charge on any atom is -0.368 e. The van der Waals surface area contributed by atoms with E-state index < -0.39 is 0 Å². The zero-order valence-electron chi connectivity index (χ0n) is 15.8. The van der Waals surface area contributed by atoms with E-state index in [0.29, 0.717) is 12.0 Å². The van der Waals surface area contributed by atoms with E-state index in [1.807, 2.05) is 12.1 Å². The number of rotatable bonds is 3. The normalized spacial score (nSPS) is 20.5. The Morgan fingerprint density at radius 1 is 1.04 bits per heavy atom. The van der Waals surface area contributed by atoms with Gasteiger partial charge in [-0.2, -0.15) is 5.26 Å². The molecule has 0 aromatic heterocycles. The lowest BCUT2D eigenvalue weighted by molar-refractivity contribution is 0.508. The van der Waals surface area contributed by atoms with Gasteiger partial charge in [-0.05, 0) is 59.6 Å². The van der Waals surface area contributed by atoms with Gasteiger partial charge in [-0.25, -0.2) is 0 Å². The minimum atomic E-state index is 0.202. The lowest BCUT2D eigenvalue weighted by Gasteiger charge is -2.29. The van der Waals surface area contributed by atoms with Crippen molar-refractivity contribution in [2.75, 3.05) is 11.4 Å². The Kier molecular flexibility index (Phi) is 4.86. The van der Waals surface area contributed by atoms with Gasteiger partial charge in [-0.15, -0.1) is 0 Å². The molecule has 130 valence electrons. The maximum atomic E-state index is 9.00. The largest absolute Gasteiger partial charge is 0.368 e. The van der Waals surface area contributed by atoms with Crippen molar-refractivity contribution in [1.29, 1.82) is 5.26 Å². The molecule has 25 heavy (non-hydrogen) atoms. The standard InChI is InChI=1S/C23H28N2/c1-17-13-14-25(21-11-7-19(16-24)8-12-21)22(17)15-18-5-9-20(10-6-18)23(2,3)4/h5-12,17,22H,13-15H2,1-4H3. The van der Waals surface area contributed by atoms with Crippen LogP contribution >= 0.6 is 0 Å². The van der Waals surface area contributed by atoms with E-state index in [2.05, 4.69) is 75.1 Å². The monoisotopic (exact) mass is 332 g/mol. The summed E-state index contributed by atoms with van der Waals surface area (Å²) in [5.74, 6) is 0.679. The molecule has 2 aromatic rings. The van der Waals surface area contributed by atoms with Gasteiger partial charge in [-0.1, -0.05) is 52.0 Å². The summed E-state index contributed by atoms with van der Waals surface area (Å²) in [6, 6.07) is 19.9. The van der Waals surface area contributed by atoms with Crippen LogP contribution in [0.25, 0.3) is 0 Å². The van der Waals surface area contributed by atoms with E-state index in [4.69, 9.17) is 5.26 Å². The molecular weight excluding hydrogens is 304 g/mol. The molecular formula is C23H28N2. The third-order valence-electron chi connectivity index (χ3n) is 5.48. The van der Waals surface area contributed by atoms with Crippen molar-refractivity contribution in [2.45, 2.75) is 52.0 Å². The Morgan fingerprint density at radius 2 is 1.68 bits per heavy atom. The van der Waals surface area contributed by atoms with Crippen molar-refractivity contribution in [1.82, 2.24) is 0 Å². The van der Waals surface area contributed by atoms with E-state index in [1.165, 1.54) is 23.2 Å². The summed E-state index contributed by atoms with van der Waals surface area (Å²) in [7, 11) is 0. The van der Waals surface area contributed by atoms with Crippen molar-refractivity contribution in [3.63, 3.8) is 0 Å². The summed E-state index contributed by atoms with van der Waals surface area (Å²) < 4.78 is 0. The summed E-state index contributed by atoms with van der Waals surface area (Å²) in [4.78, 5) is 2.52. The predicted octanol–water partition coefficient (Wildman–Crippen LogP) is 5.31. The molecule has 1 aliphatic rings. The van der Waals surface area contributed by atoms with Crippen LogP contribution in [0.15, 0.2) is 48.5 Å². The smallest absolute Gasteiger partial charge is 0.0991 e. The molecule has 0 spiro atoms. The van der Waals surface area contributed by atoms with Gasteiger partial charge in [-0.3, -0.25) is 0 Å². The fourth-order valence-corrected chi connectivity index (χ4v) is 3.75. The first kappa shape index (κ1) is 17.5. The van der Waals surface area contributed by atoms with Crippen LogP contribution in [0.4, 0.5) is 5.69 Å². The van der Waals surface area contributed by atoms with Gasteiger partial charge >= 0.3 is 0 Å². The molecule has 0 saturated carbocycles. The van der Waals surface area contributed by atoms with Crippen molar-refractivity contribution < 1.29 is 0 Å². The summed E-state index contributed by atoms with van der Waals surface area (Å²) in [5.41, 5.74) is 4.96. The summed E-state index contributed by atoms with van der Waals surface area (Å²) >= 11 is 0. The zero-order valence-corrected chi connectivity index (χ0v) is 15.8. The topological polar surface area (TPSA) is 27.0 Å². The molecule has 0 bridgehead atoms. The molecule has 1 heterocycles. The first-order valence-electron chi connectivity index (χ1n) is 9.25. The van der Waals surface area contributed by atoms with Crippen molar-refractivity contribution >= 4 is 5.69 Å². The van der Waals surface area contributed by atoms with Crippen LogP contribution in [-0.4, -0.2) is 12.6 Å². The summed E-state index contributed by atoms with van der Waals surface area (Å²) in [6.45, 7) is 10.2. The Bertz CT molecular complexity index is 745. The number of hydrogen-bond donors (Lipinski definition) is 0. The van der Waals surface area contributed by atoms with Crippen LogP contribution in [0.3, 0.4) is 0 Å². The molecule has 0 amide bonds. The number of hydrogen-bond acceptors (Lipinski definition) is 2. The molecule has 1 fully saturated rings. The maximum absolute atomic E-state index is 9.00. The third-order valence-corrected chi connectivity index (χ3v) is 5.48. The molecule has 2 nitrogen and oxygen atoms in total. The zero-order chi connectivity index (χ0) is 18.0. The molecule has 1 aliphatic heterocycles. The van der Waals surface area contributed by atoms with Crippen LogP contribution in [0.5, 0.6) is 0 Å². The van der Waals surface area contributed by atoms with E-state index in [1.54, 1.807) is 0 Å². The van der Waals surface area contributed by atoms with Crippen LogP contribution in [0.1, 0.15) is 50.8 Å². The van der Waals surface area contributed by atoms with Gasteiger partial charge in [0.25, 0.3) is 0 Å². The highest BCUT2D eigenvalue weighted by molar-refractivity contribution is 5.52. The fraction of sp³-hybridized carbons (Fsp3) is 0.435. The molecule has 2 unspecified atom stereocenters. The maximum Gasteiger partial charge on any atom is 0.0991 e. The molecule has 3 rings (SSSR count). The number of nitrogens with zero attached hydrogens (tertiary/aromatic N) is 2. The van der Waals surface area contributed by atoms with E-state index >= 15 is 0 Å². The van der Waals surface area contributed by atoms with Crippen LogP contribution in [-0.2, 0) is 11.8 Å². The Balaban J connectivity index is 1.78. The molecule has 0 radical (unpaired) electrons. The molecule has 2 aromatic carbocycles. The first-order valence-corrected chi connectivity index (χ1v) is 9.25. The lowest BCUT2D eigenvalue weighted by atomic mass is 9.86. The van der Waals surface area contributed by atoms with Gasteiger partial charge in [0.05, 0.1) is 11.6 Å². The van der Waals surface area contributed by atoms with Crippen LogP contribution in [0.2, 0.25) is 0 Å². The Labute approximate surface area is 152 Å². The second kappa shape index (κ2) is 6.92. The van der Waals surface area contributed by atoms with Crippen LogP contribution in [0, 0.1) is 17.2 Å². The highest BCUT2D eigenvalue weighted by Crippen LogP contribution is 2.32. The minimum absolute atomic E-state index is 0.202. The van der Waals surface area contributed by atoms with Gasteiger partial charge in [0.1, 0.15) is 0 Å². The highest BCUT2D eigenvalue weighted by Gasteiger charge is 2.31. The SMILES string of the molecule is CC1CCN(c2ccc(C#N)cc2)C1Cc1ccc(C(C)(C)C)cc1. The number of benzene rings is 2. The Hall–Kier alpha value is -2.27. The average Bonchev–Trinajstić information content (AvgIpc) is 2.95.